The Balaban J connectivity index is 1.43. The molecular formula is C18H20N2O2S. The number of likely N-dealkylation sites (tertiary alicyclic amines) is 2. The first-order chi connectivity index (χ1) is 11.2. The Labute approximate surface area is 139 Å². The molecule has 23 heavy (non-hydrogen) atoms. The number of benzene rings is 1. The maximum absolute atomic E-state index is 12.7. The van der Waals surface area contributed by atoms with Gasteiger partial charge in [0.1, 0.15) is 0 Å². The molecule has 2 amide bonds. The molecule has 0 spiro atoms. The van der Waals surface area contributed by atoms with Gasteiger partial charge in [-0.1, -0.05) is 18.2 Å². The van der Waals surface area contributed by atoms with Gasteiger partial charge in [0.05, 0.1) is 4.88 Å². The predicted molar refractivity (Wildman–Crippen MR) is 91.7 cm³/mol. The maximum Gasteiger partial charge on any atom is 0.263 e. The van der Waals surface area contributed by atoms with Gasteiger partial charge in [-0.2, -0.15) is 0 Å². The number of hydrogen-bond acceptors (Lipinski definition) is 3. The molecule has 4 nitrogen and oxygen atoms in total. The van der Waals surface area contributed by atoms with Crippen molar-refractivity contribution in [1.82, 2.24) is 9.80 Å². The number of nitrogens with zero attached hydrogens (tertiary/aromatic N) is 2. The predicted octanol–water partition coefficient (Wildman–Crippen LogP) is 3.13. The Bertz CT molecular complexity index is 713. The van der Waals surface area contributed by atoms with Crippen molar-refractivity contribution in [1.29, 1.82) is 0 Å². The van der Waals surface area contributed by atoms with Crippen molar-refractivity contribution in [3.05, 3.63) is 35.2 Å². The Morgan fingerprint density at radius 3 is 2.61 bits per heavy atom. The van der Waals surface area contributed by atoms with E-state index in [0.29, 0.717) is 18.4 Å². The van der Waals surface area contributed by atoms with Crippen molar-refractivity contribution in [2.75, 3.05) is 19.6 Å². The molecule has 0 saturated carbocycles. The fourth-order valence-corrected chi connectivity index (χ4v) is 4.71. The molecule has 0 unspecified atom stereocenters. The summed E-state index contributed by atoms with van der Waals surface area (Å²) in [6.45, 7) is 2.40. The van der Waals surface area contributed by atoms with Crippen LogP contribution in [0.5, 0.6) is 0 Å². The largest absolute Gasteiger partial charge is 0.340 e. The summed E-state index contributed by atoms with van der Waals surface area (Å²) in [6.07, 6.45) is 3.49. The number of piperidine rings is 1. The number of amides is 2. The fraction of sp³-hybridized carbons (Fsp3) is 0.444. The molecule has 2 aromatic rings. The third-order valence-corrected chi connectivity index (χ3v) is 6.04. The van der Waals surface area contributed by atoms with Crippen molar-refractivity contribution >= 4 is 33.2 Å². The van der Waals surface area contributed by atoms with E-state index in [2.05, 4.69) is 6.07 Å². The molecule has 1 aromatic carbocycles. The number of fused-ring (bicyclic) bond motifs is 1. The van der Waals surface area contributed by atoms with Crippen LogP contribution in [0.25, 0.3) is 10.1 Å². The molecule has 2 aliphatic heterocycles. The third kappa shape index (κ3) is 2.74. The molecule has 2 fully saturated rings. The fourth-order valence-electron chi connectivity index (χ4n) is 3.68. The smallest absolute Gasteiger partial charge is 0.263 e. The van der Waals surface area contributed by atoms with Gasteiger partial charge in [-0.05, 0) is 36.8 Å². The van der Waals surface area contributed by atoms with E-state index < -0.39 is 0 Å². The van der Waals surface area contributed by atoms with Gasteiger partial charge in [0, 0.05) is 36.8 Å². The Morgan fingerprint density at radius 1 is 1.13 bits per heavy atom. The standard InChI is InChI=1S/C18H20N2O2S/c21-17-6-3-9-20(17)14-7-10-19(11-8-14)18(22)16-12-13-4-1-2-5-15(13)23-16/h1-2,4-5,12,14H,3,6-11H2. The number of carbonyl (C=O) groups is 2. The van der Waals surface area contributed by atoms with Crippen LogP contribution in [0.1, 0.15) is 35.4 Å². The highest BCUT2D eigenvalue weighted by molar-refractivity contribution is 7.20. The molecule has 0 aliphatic carbocycles. The highest BCUT2D eigenvalue weighted by atomic mass is 32.1. The number of thiophene rings is 1. The SMILES string of the molecule is O=C(c1cc2ccccc2s1)N1CCC(N2CCCC2=O)CC1. The van der Waals surface area contributed by atoms with Crippen LogP contribution in [-0.2, 0) is 4.79 Å². The van der Waals surface area contributed by atoms with Crippen molar-refractivity contribution in [2.24, 2.45) is 0 Å². The molecule has 0 radical (unpaired) electrons. The van der Waals surface area contributed by atoms with Gasteiger partial charge >= 0.3 is 0 Å². The lowest BCUT2D eigenvalue weighted by atomic mass is 10.0. The van der Waals surface area contributed by atoms with Gasteiger partial charge in [-0.3, -0.25) is 9.59 Å². The van der Waals surface area contributed by atoms with Crippen LogP contribution in [0.3, 0.4) is 0 Å². The van der Waals surface area contributed by atoms with Crippen LogP contribution in [-0.4, -0.2) is 47.3 Å². The number of rotatable bonds is 2. The van der Waals surface area contributed by atoms with Crippen LogP contribution in [0.15, 0.2) is 30.3 Å². The van der Waals surface area contributed by atoms with E-state index in [1.807, 2.05) is 34.1 Å². The quantitative estimate of drug-likeness (QED) is 0.850. The highest BCUT2D eigenvalue weighted by Crippen LogP contribution is 2.28. The summed E-state index contributed by atoms with van der Waals surface area (Å²) in [5.41, 5.74) is 0. The molecule has 0 atom stereocenters. The van der Waals surface area contributed by atoms with Crippen LogP contribution in [0.2, 0.25) is 0 Å². The first kappa shape index (κ1) is 14.7. The van der Waals surface area contributed by atoms with E-state index in [4.69, 9.17) is 0 Å². The third-order valence-electron chi connectivity index (χ3n) is 4.94. The maximum atomic E-state index is 12.7. The van der Waals surface area contributed by atoms with Crippen molar-refractivity contribution < 1.29 is 9.59 Å². The van der Waals surface area contributed by atoms with Crippen LogP contribution >= 0.6 is 11.3 Å². The zero-order valence-corrected chi connectivity index (χ0v) is 13.8. The molecular weight excluding hydrogens is 308 g/mol. The van der Waals surface area contributed by atoms with Crippen molar-refractivity contribution in [3.63, 3.8) is 0 Å². The average Bonchev–Trinajstić information content (AvgIpc) is 3.20. The van der Waals surface area contributed by atoms with Gasteiger partial charge in [0.2, 0.25) is 5.91 Å². The molecule has 3 heterocycles. The molecule has 2 saturated heterocycles. The van der Waals surface area contributed by atoms with E-state index in [9.17, 15) is 9.59 Å². The first-order valence-electron chi connectivity index (χ1n) is 8.30. The van der Waals surface area contributed by atoms with E-state index >= 15 is 0 Å². The van der Waals surface area contributed by atoms with Gasteiger partial charge in [-0.15, -0.1) is 11.3 Å². The van der Waals surface area contributed by atoms with Gasteiger partial charge in [0.15, 0.2) is 0 Å². The minimum atomic E-state index is 0.136. The van der Waals surface area contributed by atoms with E-state index in [-0.39, 0.29) is 5.91 Å². The highest BCUT2D eigenvalue weighted by Gasteiger charge is 2.32. The lowest BCUT2D eigenvalue weighted by Gasteiger charge is -2.36. The second kappa shape index (κ2) is 5.96. The Morgan fingerprint density at radius 2 is 1.91 bits per heavy atom. The van der Waals surface area contributed by atoms with Crippen molar-refractivity contribution in [2.45, 2.75) is 31.7 Å². The number of carbonyl (C=O) groups excluding carboxylic acids is 2. The monoisotopic (exact) mass is 328 g/mol. The zero-order chi connectivity index (χ0) is 15.8. The van der Waals surface area contributed by atoms with Gasteiger partial charge < -0.3 is 9.80 Å². The summed E-state index contributed by atoms with van der Waals surface area (Å²) >= 11 is 1.57. The summed E-state index contributed by atoms with van der Waals surface area (Å²) in [6, 6.07) is 10.4. The average molecular weight is 328 g/mol. The van der Waals surface area contributed by atoms with Crippen LogP contribution < -0.4 is 0 Å². The van der Waals surface area contributed by atoms with Gasteiger partial charge in [-0.25, -0.2) is 0 Å². The molecule has 1 aromatic heterocycles. The van der Waals surface area contributed by atoms with Crippen molar-refractivity contribution in [3.8, 4) is 0 Å². The minimum absolute atomic E-state index is 0.136. The molecule has 0 bridgehead atoms. The van der Waals surface area contributed by atoms with Crippen LogP contribution in [0, 0.1) is 0 Å². The number of hydrogen-bond donors (Lipinski definition) is 0. The molecule has 2 aliphatic rings. The zero-order valence-electron chi connectivity index (χ0n) is 13.0. The summed E-state index contributed by atoms with van der Waals surface area (Å²) in [7, 11) is 0. The first-order valence-corrected chi connectivity index (χ1v) is 9.11. The molecule has 4 rings (SSSR count). The summed E-state index contributed by atoms with van der Waals surface area (Å²) in [5, 5.41) is 1.14. The lowest BCUT2D eigenvalue weighted by molar-refractivity contribution is -0.130. The molecule has 120 valence electrons. The minimum Gasteiger partial charge on any atom is -0.340 e. The molecule has 5 heteroatoms. The topological polar surface area (TPSA) is 40.6 Å². The Hall–Kier alpha value is -1.88. The summed E-state index contributed by atoms with van der Waals surface area (Å²) in [4.78, 5) is 29.4. The van der Waals surface area contributed by atoms with E-state index in [1.54, 1.807) is 11.3 Å². The van der Waals surface area contributed by atoms with Gasteiger partial charge in [0.25, 0.3) is 5.91 Å². The van der Waals surface area contributed by atoms with E-state index in [1.165, 1.54) is 0 Å². The lowest BCUT2D eigenvalue weighted by Crippen LogP contribution is -2.47. The summed E-state index contributed by atoms with van der Waals surface area (Å²) in [5.74, 6) is 0.427. The van der Waals surface area contributed by atoms with E-state index in [0.717, 1.165) is 53.9 Å². The summed E-state index contributed by atoms with van der Waals surface area (Å²) < 4.78 is 1.16. The Kier molecular flexibility index (Phi) is 3.81. The second-order valence-corrected chi connectivity index (χ2v) is 7.45. The normalized spacial score (nSPS) is 19.7. The second-order valence-electron chi connectivity index (χ2n) is 6.36. The van der Waals surface area contributed by atoms with Crippen LogP contribution in [0.4, 0.5) is 0 Å². The molecule has 0 N–H and O–H groups in total.